The van der Waals surface area contributed by atoms with Gasteiger partial charge in [0.15, 0.2) is 10.6 Å². The Balaban J connectivity index is 2.11. The number of nitrogens with zero attached hydrogens (tertiary/aromatic N) is 2. The fourth-order valence-corrected chi connectivity index (χ4v) is 2.25. The first-order valence-corrected chi connectivity index (χ1v) is 7.85. The molecule has 1 amide bonds. The minimum absolute atomic E-state index is 0.201. The zero-order valence-corrected chi connectivity index (χ0v) is 14.0. The number of aromatic amines is 1. The lowest BCUT2D eigenvalue weighted by Gasteiger charge is -2.08. The molecule has 8 heteroatoms. The van der Waals surface area contributed by atoms with Crippen molar-refractivity contribution in [2.45, 2.75) is 26.8 Å². The number of hydrogen-bond acceptors (Lipinski definition) is 5. The molecule has 0 fully saturated rings. The van der Waals surface area contributed by atoms with Crippen LogP contribution in [0.2, 0.25) is 0 Å². The Morgan fingerprint density at radius 3 is 2.70 bits per heavy atom. The summed E-state index contributed by atoms with van der Waals surface area (Å²) >= 11 is 5.24. The molecule has 1 heterocycles. The highest BCUT2D eigenvalue weighted by Crippen LogP contribution is 2.21. The predicted octanol–water partition coefficient (Wildman–Crippen LogP) is 2.46. The van der Waals surface area contributed by atoms with Crippen molar-refractivity contribution in [3.05, 3.63) is 29.0 Å². The number of carbonyl (C=O) groups is 1. The highest BCUT2D eigenvalue weighted by atomic mass is 32.1. The highest BCUT2D eigenvalue weighted by Gasteiger charge is 2.11. The fraction of sp³-hybridized carbons (Fsp3) is 0.400. The Morgan fingerprint density at radius 1 is 1.30 bits per heavy atom. The lowest BCUT2D eigenvalue weighted by molar-refractivity contribution is -0.133. The molecule has 0 radical (unpaired) electrons. The summed E-state index contributed by atoms with van der Waals surface area (Å²) in [7, 11) is 0. The molecule has 1 aromatic carbocycles. The van der Waals surface area contributed by atoms with Gasteiger partial charge in [0.2, 0.25) is 5.91 Å². The zero-order valence-electron chi connectivity index (χ0n) is 13.2. The van der Waals surface area contributed by atoms with Crippen LogP contribution in [-0.4, -0.2) is 33.9 Å². The summed E-state index contributed by atoms with van der Waals surface area (Å²) in [6.07, 6.45) is 0.248. The number of hydroxylamine groups is 1. The number of rotatable bonds is 8. The summed E-state index contributed by atoms with van der Waals surface area (Å²) in [5, 5.41) is 7.01. The summed E-state index contributed by atoms with van der Waals surface area (Å²) in [5.74, 6) is 1.28. The van der Waals surface area contributed by atoms with Gasteiger partial charge in [0.1, 0.15) is 5.75 Å². The van der Waals surface area contributed by atoms with Crippen LogP contribution in [0, 0.1) is 4.77 Å². The number of hydrogen-bond donors (Lipinski definition) is 2. The Morgan fingerprint density at radius 2 is 2.04 bits per heavy atom. The van der Waals surface area contributed by atoms with Crippen molar-refractivity contribution in [1.29, 1.82) is 0 Å². The molecule has 0 saturated heterocycles. The lowest BCUT2D eigenvalue weighted by Crippen LogP contribution is -2.24. The van der Waals surface area contributed by atoms with Gasteiger partial charge >= 0.3 is 0 Å². The fourth-order valence-electron chi connectivity index (χ4n) is 2.03. The summed E-state index contributed by atoms with van der Waals surface area (Å²) in [6.45, 7) is 5.20. The summed E-state index contributed by atoms with van der Waals surface area (Å²) in [6, 6.07) is 7.57. The number of H-pyrrole nitrogens is 1. The van der Waals surface area contributed by atoms with Crippen LogP contribution < -0.4 is 10.2 Å². The molecule has 0 bridgehead atoms. The summed E-state index contributed by atoms with van der Waals surface area (Å²) in [4.78, 5) is 16.5. The molecule has 124 valence electrons. The molecule has 0 spiro atoms. The Labute approximate surface area is 139 Å². The predicted molar refractivity (Wildman–Crippen MR) is 88.4 cm³/mol. The van der Waals surface area contributed by atoms with E-state index < -0.39 is 0 Å². The van der Waals surface area contributed by atoms with E-state index in [1.165, 1.54) is 0 Å². The van der Waals surface area contributed by atoms with E-state index in [9.17, 15) is 4.79 Å². The molecule has 2 aromatic rings. The van der Waals surface area contributed by atoms with Crippen molar-refractivity contribution in [2.75, 3.05) is 13.2 Å². The molecule has 2 rings (SSSR count). The van der Waals surface area contributed by atoms with Crippen LogP contribution in [-0.2, 0) is 16.2 Å². The SMILES string of the molecule is CCONC(=O)CCn1c(-c2ccc(OCC)cc2)n[nH]c1=S. The van der Waals surface area contributed by atoms with Gasteiger partial charge in [0.25, 0.3) is 0 Å². The molecular weight excluding hydrogens is 316 g/mol. The molecule has 0 unspecified atom stereocenters. The second kappa shape index (κ2) is 8.44. The van der Waals surface area contributed by atoms with E-state index in [1.54, 1.807) is 11.5 Å². The third kappa shape index (κ3) is 4.64. The molecule has 0 aliphatic carbocycles. The maximum Gasteiger partial charge on any atom is 0.245 e. The van der Waals surface area contributed by atoms with Crippen LogP contribution in [0.3, 0.4) is 0 Å². The van der Waals surface area contributed by atoms with Gasteiger partial charge < -0.3 is 4.74 Å². The largest absolute Gasteiger partial charge is 0.494 e. The van der Waals surface area contributed by atoms with Crippen LogP contribution in [0.5, 0.6) is 5.75 Å². The van der Waals surface area contributed by atoms with Gasteiger partial charge in [-0.15, -0.1) is 0 Å². The van der Waals surface area contributed by atoms with Gasteiger partial charge in [-0.25, -0.2) is 5.48 Å². The van der Waals surface area contributed by atoms with Crippen LogP contribution >= 0.6 is 12.2 Å². The third-order valence-electron chi connectivity index (χ3n) is 3.07. The molecular formula is C15H20N4O3S. The third-order valence-corrected chi connectivity index (χ3v) is 3.39. The lowest BCUT2D eigenvalue weighted by atomic mass is 10.2. The van der Waals surface area contributed by atoms with Crippen LogP contribution in [0.15, 0.2) is 24.3 Å². The first kappa shape index (κ1) is 17.2. The molecule has 23 heavy (non-hydrogen) atoms. The Hall–Kier alpha value is -2.19. The number of ether oxygens (including phenoxy) is 1. The van der Waals surface area contributed by atoms with E-state index in [2.05, 4.69) is 15.7 Å². The molecule has 0 aliphatic heterocycles. The van der Waals surface area contributed by atoms with E-state index in [-0.39, 0.29) is 12.3 Å². The average molecular weight is 336 g/mol. The van der Waals surface area contributed by atoms with Gasteiger partial charge in [-0.05, 0) is 50.3 Å². The quantitative estimate of drug-likeness (QED) is 0.572. The monoisotopic (exact) mass is 336 g/mol. The molecule has 1 aromatic heterocycles. The van der Waals surface area contributed by atoms with Gasteiger partial charge in [-0.2, -0.15) is 5.10 Å². The zero-order chi connectivity index (χ0) is 16.7. The van der Waals surface area contributed by atoms with Crippen molar-refractivity contribution >= 4 is 18.1 Å². The molecule has 0 atom stereocenters. The highest BCUT2D eigenvalue weighted by molar-refractivity contribution is 7.71. The molecule has 0 aliphatic rings. The van der Waals surface area contributed by atoms with E-state index in [0.717, 1.165) is 11.3 Å². The van der Waals surface area contributed by atoms with Crippen molar-refractivity contribution in [1.82, 2.24) is 20.2 Å². The number of benzene rings is 1. The smallest absolute Gasteiger partial charge is 0.245 e. The van der Waals surface area contributed by atoms with E-state index in [4.69, 9.17) is 21.8 Å². The maximum absolute atomic E-state index is 11.6. The molecule has 7 nitrogen and oxygen atoms in total. The van der Waals surface area contributed by atoms with E-state index in [1.807, 2.05) is 31.2 Å². The maximum atomic E-state index is 11.6. The molecule has 0 saturated carbocycles. The first-order valence-electron chi connectivity index (χ1n) is 7.44. The number of amides is 1. The van der Waals surface area contributed by atoms with Crippen LogP contribution in [0.4, 0.5) is 0 Å². The standard InChI is InChI=1S/C15H20N4O3S/c1-3-21-12-7-5-11(6-8-12)14-16-17-15(23)19(14)10-9-13(20)18-22-4-2/h5-8H,3-4,9-10H2,1-2H3,(H,17,23)(H,18,20). The second-order valence-electron chi connectivity index (χ2n) is 4.67. The minimum Gasteiger partial charge on any atom is -0.494 e. The topological polar surface area (TPSA) is 81.2 Å². The van der Waals surface area contributed by atoms with E-state index in [0.29, 0.717) is 30.4 Å². The van der Waals surface area contributed by atoms with Gasteiger partial charge in [0, 0.05) is 18.5 Å². The second-order valence-corrected chi connectivity index (χ2v) is 5.06. The van der Waals surface area contributed by atoms with Crippen molar-refractivity contribution in [3.63, 3.8) is 0 Å². The van der Waals surface area contributed by atoms with Crippen LogP contribution in [0.1, 0.15) is 20.3 Å². The summed E-state index contributed by atoms with van der Waals surface area (Å²) in [5.41, 5.74) is 3.26. The van der Waals surface area contributed by atoms with Gasteiger partial charge in [-0.1, -0.05) is 0 Å². The van der Waals surface area contributed by atoms with Gasteiger partial charge in [-0.3, -0.25) is 19.3 Å². The minimum atomic E-state index is -0.201. The summed E-state index contributed by atoms with van der Waals surface area (Å²) < 4.78 is 7.68. The first-order chi connectivity index (χ1) is 11.2. The van der Waals surface area contributed by atoms with Gasteiger partial charge in [0.05, 0.1) is 13.2 Å². The number of nitrogens with one attached hydrogen (secondary N) is 2. The van der Waals surface area contributed by atoms with Crippen molar-refractivity contribution in [2.24, 2.45) is 0 Å². The van der Waals surface area contributed by atoms with Crippen molar-refractivity contribution in [3.8, 4) is 17.1 Å². The normalized spacial score (nSPS) is 10.5. The van der Waals surface area contributed by atoms with Crippen molar-refractivity contribution < 1.29 is 14.4 Å². The van der Waals surface area contributed by atoms with E-state index >= 15 is 0 Å². The Kier molecular flexibility index (Phi) is 6.30. The molecule has 2 N–H and O–H groups in total. The average Bonchev–Trinajstić information content (AvgIpc) is 2.93. The number of carbonyl (C=O) groups excluding carboxylic acids is 1. The number of aromatic nitrogens is 3. The van der Waals surface area contributed by atoms with Crippen LogP contribution in [0.25, 0.3) is 11.4 Å². The Bertz CT molecular complexity index is 693.